The van der Waals surface area contributed by atoms with Crippen molar-refractivity contribution in [3.63, 3.8) is 0 Å². The first kappa shape index (κ1) is 14.5. The van der Waals surface area contributed by atoms with Crippen molar-refractivity contribution in [1.29, 1.82) is 0 Å². The summed E-state index contributed by atoms with van der Waals surface area (Å²) in [5, 5.41) is 11.6. The van der Waals surface area contributed by atoms with Gasteiger partial charge in [-0.2, -0.15) is 0 Å². The van der Waals surface area contributed by atoms with Crippen molar-refractivity contribution in [2.24, 2.45) is 0 Å². The molecule has 1 atom stereocenters. The van der Waals surface area contributed by atoms with Gasteiger partial charge >= 0.3 is 5.97 Å². The Morgan fingerprint density at radius 3 is 2.50 bits per heavy atom. The molecule has 3 nitrogen and oxygen atoms in total. The van der Waals surface area contributed by atoms with Gasteiger partial charge in [-0.05, 0) is 38.1 Å². The first-order chi connectivity index (χ1) is 9.40. The lowest BCUT2D eigenvalue weighted by atomic mass is 10.1. The molecule has 0 aliphatic carbocycles. The molecule has 2 N–H and O–H groups in total. The van der Waals surface area contributed by atoms with Crippen LogP contribution in [0.5, 0.6) is 0 Å². The molecule has 1 aromatic heterocycles. The molecule has 20 heavy (non-hydrogen) atoms. The quantitative estimate of drug-likeness (QED) is 0.889. The summed E-state index contributed by atoms with van der Waals surface area (Å²) >= 11 is 1.56. The molecule has 0 spiro atoms. The van der Waals surface area contributed by atoms with E-state index in [1.165, 1.54) is 6.07 Å². The highest BCUT2D eigenvalue weighted by atomic mass is 32.1. The largest absolute Gasteiger partial charge is 0.478 e. The van der Waals surface area contributed by atoms with Gasteiger partial charge in [0.1, 0.15) is 0 Å². The van der Waals surface area contributed by atoms with Gasteiger partial charge in [0.25, 0.3) is 0 Å². The summed E-state index contributed by atoms with van der Waals surface area (Å²) in [6.07, 6.45) is 0. The van der Waals surface area contributed by atoms with Crippen LogP contribution in [0, 0.1) is 18.6 Å². The van der Waals surface area contributed by atoms with Gasteiger partial charge in [0.15, 0.2) is 11.6 Å². The molecule has 0 bridgehead atoms. The van der Waals surface area contributed by atoms with Crippen molar-refractivity contribution < 1.29 is 18.7 Å². The van der Waals surface area contributed by atoms with Gasteiger partial charge in [-0.3, -0.25) is 0 Å². The predicted molar refractivity (Wildman–Crippen MR) is 74.4 cm³/mol. The summed E-state index contributed by atoms with van der Waals surface area (Å²) in [4.78, 5) is 12.8. The highest BCUT2D eigenvalue weighted by Crippen LogP contribution is 2.28. The van der Waals surface area contributed by atoms with Crippen molar-refractivity contribution in [3.05, 3.63) is 51.2 Å². The maximum absolute atomic E-state index is 13.8. The first-order valence-corrected chi connectivity index (χ1v) is 6.76. The van der Waals surface area contributed by atoms with Gasteiger partial charge in [0.2, 0.25) is 0 Å². The minimum absolute atomic E-state index is 0.0500. The van der Waals surface area contributed by atoms with E-state index in [9.17, 15) is 13.6 Å². The lowest BCUT2D eigenvalue weighted by molar-refractivity contribution is 0.0690. The lowest BCUT2D eigenvalue weighted by Crippen LogP contribution is -2.10. The zero-order valence-corrected chi connectivity index (χ0v) is 11.7. The zero-order chi connectivity index (χ0) is 14.9. The van der Waals surface area contributed by atoms with Crippen LogP contribution in [0.1, 0.15) is 33.1 Å². The maximum atomic E-state index is 13.8. The van der Waals surface area contributed by atoms with E-state index in [0.717, 1.165) is 15.8 Å². The monoisotopic (exact) mass is 297 g/mol. The summed E-state index contributed by atoms with van der Waals surface area (Å²) in [7, 11) is 0. The minimum atomic E-state index is -1.49. The van der Waals surface area contributed by atoms with Crippen LogP contribution in [-0.4, -0.2) is 11.1 Å². The van der Waals surface area contributed by atoms with Crippen molar-refractivity contribution >= 4 is 23.0 Å². The standard InChI is InChI=1S/C14H13F2NO2S/c1-7-3-6-11(20-7)8(2)17-10-5-4-9(14(18)19)12(15)13(10)16/h3-6,8,17H,1-2H3,(H,18,19). The number of hydrogen-bond donors (Lipinski definition) is 2. The summed E-state index contributed by atoms with van der Waals surface area (Å²) in [5.74, 6) is -4.02. The predicted octanol–water partition coefficient (Wildman–Crippen LogP) is 4.21. The number of aromatic carboxylic acids is 1. The molecule has 0 saturated carbocycles. The Labute approximate surface area is 118 Å². The third-order valence-electron chi connectivity index (χ3n) is 2.87. The topological polar surface area (TPSA) is 49.3 Å². The molecule has 1 unspecified atom stereocenters. The number of aryl methyl sites for hydroxylation is 1. The highest BCUT2D eigenvalue weighted by Gasteiger charge is 2.19. The van der Waals surface area contributed by atoms with E-state index < -0.39 is 23.2 Å². The fourth-order valence-corrected chi connectivity index (χ4v) is 2.70. The average Bonchev–Trinajstić information content (AvgIpc) is 2.81. The first-order valence-electron chi connectivity index (χ1n) is 5.94. The Balaban J connectivity index is 2.26. The molecule has 6 heteroatoms. The number of nitrogens with one attached hydrogen (secondary N) is 1. The third kappa shape index (κ3) is 2.80. The second kappa shape index (κ2) is 5.58. The second-order valence-corrected chi connectivity index (χ2v) is 5.73. The molecule has 0 amide bonds. The van der Waals surface area contributed by atoms with E-state index >= 15 is 0 Å². The molecule has 0 aliphatic heterocycles. The van der Waals surface area contributed by atoms with Crippen LogP contribution >= 0.6 is 11.3 Å². The van der Waals surface area contributed by atoms with Gasteiger partial charge in [-0.1, -0.05) is 0 Å². The van der Waals surface area contributed by atoms with Crippen LogP contribution in [-0.2, 0) is 0 Å². The molecule has 106 valence electrons. The van der Waals surface area contributed by atoms with E-state index in [2.05, 4.69) is 5.32 Å². The van der Waals surface area contributed by atoms with E-state index in [1.54, 1.807) is 11.3 Å². The van der Waals surface area contributed by atoms with Crippen LogP contribution < -0.4 is 5.32 Å². The van der Waals surface area contributed by atoms with Gasteiger partial charge in [-0.25, -0.2) is 13.6 Å². The number of carboxylic acid groups (broad SMARTS) is 1. The molecule has 0 aliphatic rings. The van der Waals surface area contributed by atoms with Gasteiger partial charge in [-0.15, -0.1) is 11.3 Å². The van der Waals surface area contributed by atoms with Crippen LogP contribution in [0.4, 0.5) is 14.5 Å². The van der Waals surface area contributed by atoms with E-state index in [4.69, 9.17) is 5.11 Å². The fourth-order valence-electron chi connectivity index (χ4n) is 1.82. The SMILES string of the molecule is Cc1ccc(C(C)Nc2ccc(C(=O)O)c(F)c2F)s1. The molecule has 1 heterocycles. The number of anilines is 1. The maximum Gasteiger partial charge on any atom is 0.338 e. The van der Waals surface area contributed by atoms with Crippen molar-refractivity contribution in [2.75, 3.05) is 5.32 Å². The van der Waals surface area contributed by atoms with Crippen LogP contribution in [0.15, 0.2) is 24.3 Å². The Hall–Kier alpha value is -1.95. The van der Waals surface area contributed by atoms with Crippen molar-refractivity contribution in [3.8, 4) is 0 Å². The number of hydrogen-bond acceptors (Lipinski definition) is 3. The normalized spacial score (nSPS) is 12.2. The minimum Gasteiger partial charge on any atom is -0.478 e. The lowest BCUT2D eigenvalue weighted by Gasteiger charge is -2.15. The second-order valence-electron chi connectivity index (χ2n) is 4.41. The van der Waals surface area contributed by atoms with E-state index in [-0.39, 0.29) is 11.7 Å². The number of halogens is 2. The summed E-state index contributed by atoms with van der Waals surface area (Å²) in [5.41, 5.74) is -0.723. The Morgan fingerprint density at radius 1 is 1.25 bits per heavy atom. The van der Waals surface area contributed by atoms with E-state index in [1.807, 2.05) is 26.0 Å². The van der Waals surface area contributed by atoms with Gasteiger partial charge < -0.3 is 10.4 Å². The average molecular weight is 297 g/mol. The Morgan fingerprint density at radius 2 is 1.95 bits per heavy atom. The van der Waals surface area contributed by atoms with Gasteiger partial charge in [0.05, 0.1) is 17.3 Å². The highest BCUT2D eigenvalue weighted by molar-refractivity contribution is 7.12. The molecule has 0 saturated heterocycles. The molecular weight excluding hydrogens is 284 g/mol. The molecule has 0 fully saturated rings. The van der Waals surface area contributed by atoms with Gasteiger partial charge in [0, 0.05) is 9.75 Å². The number of carboxylic acids is 1. The number of benzene rings is 1. The number of thiophene rings is 1. The molecule has 2 aromatic rings. The summed E-state index contributed by atoms with van der Waals surface area (Å²) in [6.45, 7) is 3.79. The number of carbonyl (C=O) groups is 1. The van der Waals surface area contributed by atoms with Crippen LogP contribution in [0.3, 0.4) is 0 Å². The zero-order valence-electron chi connectivity index (χ0n) is 10.9. The summed E-state index contributed by atoms with van der Waals surface area (Å²) < 4.78 is 27.4. The van der Waals surface area contributed by atoms with Crippen molar-refractivity contribution in [1.82, 2.24) is 0 Å². The molecule has 0 radical (unpaired) electrons. The molecular formula is C14H13F2NO2S. The third-order valence-corrected chi connectivity index (χ3v) is 4.06. The van der Waals surface area contributed by atoms with Crippen LogP contribution in [0.25, 0.3) is 0 Å². The number of rotatable bonds is 4. The Kier molecular flexibility index (Phi) is 4.04. The smallest absolute Gasteiger partial charge is 0.338 e. The molecule has 1 aromatic carbocycles. The van der Waals surface area contributed by atoms with Crippen LogP contribution in [0.2, 0.25) is 0 Å². The summed E-state index contributed by atoms with van der Waals surface area (Å²) in [6, 6.07) is 5.95. The van der Waals surface area contributed by atoms with E-state index in [0.29, 0.717) is 0 Å². The fraction of sp³-hybridized carbons (Fsp3) is 0.214. The molecule has 2 rings (SSSR count). The van der Waals surface area contributed by atoms with Crippen molar-refractivity contribution in [2.45, 2.75) is 19.9 Å². The Bertz CT molecular complexity index is 655.